The van der Waals surface area contributed by atoms with E-state index in [-0.39, 0.29) is 0 Å². The Labute approximate surface area is 124 Å². The number of hydrogen-bond acceptors (Lipinski definition) is 2. The van der Waals surface area contributed by atoms with E-state index in [1.165, 1.54) is 0 Å². The second-order valence-corrected chi connectivity index (χ2v) is 4.77. The zero-order valence-electron chi connectivity index (χ0n) is 11.4. The first-order valence-corrected chi connectivity index (χ1v) is 7.02. The van der Waals surface area contributed by atoms with Gasteiger partial charge in [-0.05, 0) is 48.7 Å². The Bertz CT molecular complexity index is 594. The van der Waals surface area contributed by atoms with Crippen LogP contribution in [0.15, 0.2) is 42.6 Å². The molecule has 0 spiro atoms. The lowest BCUT2D eigenvalue weighted by molar-refractivity contribution is 0.309. The second kappa shape index (κ2) is 7.57. The maximum Gasteiger partial charge on any atom is 0.119 e. The molecule has 0 aliphatic heterocycles. The average molecular weight is 286 g/mol. The molecule has 2 aromatic rings. The van der Waals surface area contributed by atoms with Gasteiger partial charge in [0, 0.05) is 11.8 Å². The van der Waals surface area contributed by atoms with Gasteiger partial charge in [0.15, 0.2) is 0 Å². The number of nitrogens with zero attached hydrogens (tertiary/aromatic N) is 1. The average Bonchev–Trinajstić information content (AvgIpc) is 2.48. The molecule has 0 amide bonds. The van der Waals surface area contributed by atoms with E-state index in [4.69, 9.17) is 16.3 Å². The number of halogens is 1. The predicted molar refractivity (Wildman–Crippen MR) is 82.1 cm³/mol. The topological polar surface area (TPSA) is 22.1 Å². The lowest BCUT2D eigenvalue weighted by Crippen LogP contribution is -1.95. The third-order valence-corrected chi connectivity index (χ3v) is 2.91. The highest BCUT2D eigenvalue weighted by Gasteiger charge is 1.94. The van der Waals surface area contributed by atoms with Gasteiger partial charge in [0.05, 0.1) is 11.6 Å². The summed E-state index contributed by atoms with van der Waals surface area (Å²) >= 11 is 5.77. The molecule has 0 aliphatic rings. The molecule has 0 N–H and O–H groups in total. The van der Waals surface area contributed by atoms with Gasteiger partial charge < -0.3 is 4.74 Å². The zero-order valence-corrected chi connectivity index (χ0v) is 12.2. The highest BCUT2D eigenvalue weighted by Crippen LogP contribution is 2.12. The number of ether oxygens (including phenoxy) is 1. The Kier molecular flexibility index (Phi) is 5.46. The van der Waals surface area contributed by atoms with Gasteiger partial charge in [-0.3, -0.25) is 0 Å². The summed E-state index contributed by atoms with van der Waals surface area (Å²) < 4.78 is 5.60. The summed E-state index contributed by atoms with van der Waals surface area (Å²) in [5.41, 5.74) is 1.64. The van der Waals surface area contributed by atoms with Crippen molar-refractivity contribution in [1.82, 2.24) is 4.98 Å². The van der Waals surface area contributed by atoms with Crippen LogP contribution in [-0.4, -0.2) is 11.6 Å². The number of benzene rings is 1. The van der Waals surface area contributed by atoms with Gasteiger partial charge in [-0.1, -0.05) is 30.9 Å². The molecule has 0 radical (unpaired) electrons. The minimum atomic E-state index is 0.615. The Morgan fingerprint density at radius 3 is 2.55 bits per heavy atom. The molecule has 1 heterocycles. The molecule has 102 valence electrons. The lowest BCUT2D eigenvalue weighted by Gasteiger charge is -2.04. The van der Waals surface area contributed by atoms with E-state index >= 15 is 0 Å². The third kappa shape index (κ3) is 4.60. The van der Waals surface area contributed by atoms with Crippen molar-refractivity contribution in [1.29, 1.82) is 0 Å². The van der Waals surface area contributed by atoms with Crippen LogP contribution in [-0.2, 0) is 0 Å². The minimum Gasteiger partial charge on any atom is -0.494 e. The Hall–Kier alpha value is -1.98. The van der Waals surface area contributed by atoms with Gasteiger partial charge in [-0.2, -0.15) is 0 Å². The SMILES string of the molecule is CCCCOc1ccc(C#Cc2ccc(Cl)cn2)cc1. The molecule has 2 nitrogen and oxygen atoms in total. The van der Waals surface area contributed by atoms with Crippen molar-refractivity contribution in [2.45, 2.75) is 19.8 Å². The van der Waals surface area contributed by atoms with E-state index in [1.807, 2.05) is 24.3 Å². The molecular weight excluding hydrogens is 270 g/mol. The molecule has 1 aromatic carbocycles. The number of rotatable bonds is 4. The van der Waals surface area contributed by atoms with Crippen molar-refractivity contribution >= 4 is 11.6 Å². The smallest absolute Gasteiger partial charge is 0.119 e. The second-order valence-electron chi connectivity index (χ2n) is 4.34. The van der Waals surface area contributed by atoms with Crippen LogP contribution < -0.4 is 4.74 Å². The zero-order chi connectivity index (χ0) is 14.2. The highest BCUT2D eigenvalue weighted by atomic mass is 35.5. The van der Waals surface area contributed by atoms with Gasteiger partial charge >= 0.3 is 0 Å². The van der Waals surface area contributed by atoms with Crippen LogP contribution in [0.2, 0.25) is 5.02 Å². The summed E-state index contributed by atoms with van der Waals surface area (Å²) in [6, 6.07) is 11.4. The Morgan fingerprint density at radius 1 is 1.10 bits per heavy atom. The van der Waals surface area contributed by atoms with Gasteiger partial charge in [-0.25, -0.2) is 4.98 Å². The Morgan fingerprint density at radius 2 is 1.90 bits per heavy atom. The summed E-state index contributed by atoms with van der Waals surface area (Å²) in [5.74, 6) is 6.95. The fourth-order valence-corrected chi connectivity index (χ4v) is 1.67. The molecule has 0 aliphatic carbocycles. The summed E-state index contributed by atoms with van der Waals surface area (Å²) in [7, 11) is 0. The fourth-order valence-electron chi connectivity index (χ4n) is 1.55. The van der Waals surface area contributed by atoms with Crippen molar-refractivity contribution < 1.29 is 4.74 Å². The molecule has 3 heteroatoms. The summed E-state index contributed by atoms with van der Waals surface area (Å²) in [6.07, 6.45) is 3.80. The standard InChI is InChI=1S/C17H16ClNO/c1-2-3-12-20-17-10-5-14(6-11-17)4-8-16-9-7-15(18)13-19-16/h5-7,9-11,13H,2-3,12H2,1H3. The van der Waals surface area contributed by atoms with Gasteiger partial charge in [-0.15, -0.1) is 0 Å². The normalized spacial score (nSPS) is 9.70. The van der Waals surface area contributed by atoms with Crippen LogP contribution in [0.3, 0.4) is 0 Å². The number of pyridine rings is 1. The lowest BCUT2D eigenvalue weighted by atomic mass is 10.2. The molecule has 2 rings (SSSR count). The van der Waals surface area contributed by atoms with E-state index in [9.17, 15) is 0 Å². The fraction of sp³-hybridized carbons (Fsp3) is 0.235. The van der Waals surface area contributed by atoms with Crippen LogP contribution in [0.1, 0.15) is 31.0 Å². The Balaban J connectivity index is 1.98. The van der Waals surface area contributed by atoms with E-state index in [0.717, 1.165) is 30.8 Å². The molecule has 0 unspecified atom stereocenters. The van der Waals surface area contributed by atoms with Crippen LogP contribution in [0.25, 0.3) is 0 Å². The third-order valence-electron chi connectivity index (χ3n) is 2.68. The highest BCUT2D eigenvalue weighted by molar-refractivity contribution is 6.30. The predicted octanol–water partition coefficient (Wildman–Crippen LogP) is 4.31. The van der Waals surface area contributed by atoms with Crippen LogP contribution in [0.4, 0.5) is 0 Å². The van der Waals surface area contributed by atoms with Crippen molar-refractivity contribution in [3.8, 4) is 17.6 Å². The van der Waals surface area contributed by atoms with Crippen molar-refractivity contribution in [2.75, 3.05) is 6.61 Å². The van der Waals surface area contributed by atoms with Crippen LogP contribution in [0.5, 0.6) is 5.75 Å². The van der Waals surface area contributed by atoms with Gasteiger partial charge in [0.1, 0.15) is 11.4 Å². The monoisotopic (exact) mass is 285 g/mol. The van der Waals surface area contributed by atoms with Crippen LogP contribution >= 0.6 is 11.6 Å². The van der Waals surface area contributed by atoms with Crippen molar-refractivity contribution in [3.05, 3.63) is 58.9 Å². The van der Waals surface area contributed by atoms with Gasteiger partial charge in [0.2, 0.25) is 0 Å². The molecule has 0 saturated carbocycles. The minimum absolute atomic E-state index is 0.615. The molecule has 20 heavy (non-hydrogen) atoms. The van der Waals surface area contributed by atoms with E-state index < -0.39 is 0 Å². The number of aromatic nitrogens is 1. The number of hydrogen-bond donors (Lipinski definition) is 0. The van der Waals surface area contributed by atoms with E-state index in [2.05, 4.69) is 23.7 Å². The molecule has 0 atom stereocenters. The van der Waals surface area contributed by atoms with Gasteiger partial charge in [0.25, 0.3) is 0 Å². The summed E-state index contributed by atoms with van der Waals surface area (Å²) in [5, 5.41) is 0.615. The number of unbranched alkanes of at least 4 members (excludes halogenated alkanes) is 1. The largest absolute Gasteiger partial charge is 0.494 e. The molecule has 0 bridgehead atoms. The molecule has 0 saturated heterocycles. The first-order chi connectivity index (χ1) is 9.78. The molecular formula is C17H16ClNO. The van der Waals surface area contributed by atoms with Crippen molar-refractivity contribution in [2.24, 2.45) is 0 Å². The molecule has 0 fully saturated rings. The molecule has 1 aromatic heterocycles. The summed E-state index contributed by atoms with van der Waals surface area (Å²) in [6.45, 7) is 2.91. The maximum atomic E-state index is 5.77. The first kappa shape index (κ1) is 14.4. The van der Waals surface area contributed by atoms with E-state index in [1.54, 1.807) is 18.3 Å². The quantitative estimate of drug-likeness (QED) is 0.617. The van der Waals surface area contributed by atoms with Crippen molar-refractivity contribution in [3.63, 3.8) is 0 Å². The van der Waals surface area contributed by atoms with Crippen LogP contribution in [0, 0.1) is 11.8 Å². The summed E-state index contributed by atoms with van der Waals surface area (Å²) in [4.78, 5) is 4.13. The first-order valence-electron chi connectivity index (χ1n) is 6.64. The maximum absolute atomic E-state index is 5.77. The van der Waals surface area contributed by atoms with E-state index in [0.29, 0.717) is 10.7 Å².